The Labute approximate surface area is 197 Å². The average Bonchev–Trinajstić information content (AvgIpc) is 3.56. The van der Waals surface area contributed by atoms with Gasteiger partial charge in [0, 0.05) is 31.0 Å². The van der Waals surface area contributed by atoms with Crippen molar-refractivity contribution in [3.05, 3.63) is 65.2 Å². The summed E-state index contributed by atoms with van der Waals surface area (Å²) < 4.78 is 38.1. The largest absolute Gasteiger partial charge is 0.416 e. The summed E-state index contributed by atoms with van der Waals surface area (Å²) in [5, 5.41) is 9.35. The number of nitrogens with zero attached hydrogens (tertiary/aromatic N) is 2. The third kappa shape index (κ3) is 5.41. The predicted octanol–water partition coefficient (Wildman–Crippen LogP) is 5.32. The van der Waals surface area contributed by atoms with Crippen LogP contribution in [-0.4, -0.2) is 18.2 Å². The number of hydrogen-bond donors (Lipinski definition) is 0. The smallest absolute Gasteiger partial charge is 0.312 e. The molecule has 0 bridgehead atoms. The van der Waals surface area contributed by atoms with Crippen LogP contribution in [0.4, 0.5) is 18.9 Å². The maximum atomic E-state index is 13.0. The number of ketones is 1. The second-order valence-corrected chi connectivity index (χ2v) is 8.68. The molecule has 1 aliphatic heterocycles. The van der Waals surface area contributed by atoms with Crippen LogP contribution >= 0.6 is 13.5 Å². The molecule has 0 N–H and O–H groups in total. The molecular formula is C25H25F3N2O2S. The third-order valence-corrected chi connectivity index (χ3v) is 6.40. The Kier molecular flexibility index (Phi) is 7.23. The van der Waals surface area contributed by atoms with Crippen LogP contribution in [0, 0.1) is 17.2 Å². The van der Waals surface area contributed by atoms with Crippen molar-refractivity contribution in [3.8, 4) is 6.07 Å². The van der Waals surface area contributed by atoms with E-state index >= 15 is 0 Å². The Morgan fingerprint density at radius 2 is 1.73 bits per heavy atom. The van der Waals surface area contributed by atoms with E-state index in [0.717, 1.165) is 42.6 Å². The summed E-state index contributed by atoms with van der Waals surface area (Å²) in [6.45, 7) is 0.575. The highest BCUT2D eigenvalue weighted by Crippen LogP contribution is 2.47. The average molecular weight is 475 g/mol. The Morgan fingerprint density at radius 3 is 2.27 bits per heavy atom. The van der Waals surface area contributed by atoms with Crippen molar-refractivity contribution >= 4 is 30.9 Å². The van der Waals surface area contributed by atoms with E-state index in [0.29, 0.717) is 18.5 Å². The third-order valence-electron chi connectivity index (χ3n) is 6.40. The number of carbonyl (C=O) groups is 2. The zero-order valence-corrected chi connectivity index (χ0v) is 19.0. The van der Waals surface area contributed by atoms with Crippen LogP contribution in [0.1, 0.15) is 48.8 Å². The molecule has 4 rings (SSSR count). The first-order valence-electron chi connectivity index (χ1n) is 10.7. The molecule has 0 aromatic heterocycles. The number of halogens is 3. The fourth-order valence-electron chi connectivity index (χ4n) is 4.33. The van der Waals surface area contributed by atoms with Gasteiger partial charge in [-0.25, -0.2) is 0 Å². The molecule has 2 aromatic carbocycles. The Morgan fingerprint density at radius 1 is 1.09 bits per heavy atom. The highest BCUT2D eigenvalue weighted by molar-refractivity contribution is 7.59. The second kappa shape index (κ2) is 9.60. The monoisotopic (exact) mass is 474 g/mol. The quantitative estimate of drug-likeness (QED) is 0.570. The summed E-state index contributed by atoms with van der Waals surface area (Å²) in [6, 6.07) is 14.4. The molecule has 174 valence electrons. The van der Waals surface area contributed by atoms with Gasteiger partial charge in [-0.2, -0.15) is 31.9 Å². The summed E-state index contributed by atoms with van der Waals surface area (Å²) in [5.41, 5.74) is 1.10. The van der Waals surface area contributed by atoms with E-state index < -0.39 is 17.7 Å². The van der Waals surface area contributed by atoms with Crippen LogP contribution in [0.5, 0.6) is 0 Å². The van der Waals surface area contributed by atoms with Crippen molar-refractivity contribution in [1.29, 1.82) is 5.26 Å². The second-order valence-electron chi connectivity index (χ2n) is 8.68. The molecule has 1 atom stereocenters. The number of carbonyl (C=O) groups excluding carboxylic acids is 2. The molecule has 1 aliphatic carbocycles. The van der Waals surface area contributed by atoms with E-state index in [1.165, 1.54) is 12.1 Å². The number of alkyl halides is 3. The first-order chi connectivity index (χ1) is 15.2. The van der Waals surface area contributed by atoms with E-state index in [1.807, 2.05) is 24.3 Å². The van der Waals surface area contributed by atoms with Crippen molar-refractivity contribution in [2.24, 2.45) is 5.92 Å². The van der Waals surface area contributed by atoms with Gasteiger partial charge in [0.2, 0.25) is 5.91 Å². The number of Topliss-reactive ketones (excluding diaryl/α,β-unsaturated/α-hetero) is 1. The van der Waals surface area contributed by atoms with Crippen molar-refractivity contribution in [2.45, 2.75) is 50.1 Å². The zero-order valence-electron chi connectivity index (χ0n) is 18.0. The summed E-state index contributed by atoms with van der Waals surface area (Å²) in [5.74, 6) is -0.699. The number of rotatable bonds is 6. The van der Waals surface area contributed by atoms with Crippen LogP contribution < -0.4 is 4.90 Å². The number of benzene rings is 2. The van der Waals surface area contributed by atoms with Crippen LogP contribution in [-0.2, 0) is 27.6 Å². The Bertz CT molecular complexity index is 1060. The van der Waals surface area contributed by atoms with E-state index in [-0.39, 0.29) is 43.4 Å². The first kappa shape index (κ1) is 24.8. The van der Waals surface area contributed by atoms with Gasteiger partial charge in [-0.1, -0.05) is 24.3 Å². The van der Waals surface area contributed by atoms with Crippen molar-refractivity contribution in [3.63, 3.8) is 0 Å². The summed E-state index contributed by atoms with van der Waals surface area (Å²) in [7, 11) is 0. The van der Waals surface area contributed by atoms with E-state index in [9.17, 15) is 28.0 Å². The number of piperidine rings is 1. The Balaban J connectivity index is 0.00000306. The normalized spacial score (nSPS) is 19.4. The minimum Gasteiger partial charge on any atom is -0.312 e. The molecule has 0 radical (unpaired) electrons. The van der Waals surface area contributed by atoms with Gasteiger partial charge in [-0.15, -0.1) is 0 Å². The van der Waals surface area contributed by atoms with Gasteiger partial charge in [0.25, 0.3) is 0 Å². The zero-order chi connectivity index (χ0) is 22.9. The maximum Gasteiger partial charge on any atom is 0.416 e. The molecular weight excluding hydrogens is 449 g/mol. The molecule has 2 fully saturated rings. The molecule has 33 heavy (non-hydrogen) atoms. The van der Waals surface area contributed by atoms with Crippen molar-refractivity contribution < 1.29 is 22.8 Å². The van der Waals surface area contributed by atoms with E-state index in [4.69, 9.17) is 0 Å². The summed E-state index contributed by atoms with van der Waals surface area (Å²) in [6.07, 6.45) is -1.23. The molecule has 1 saturated heterocycles. The van der Waals surface area contributed by atoms with Crippen molar-refractivity contribution in [1.82, 2.24) is 0 Å². The highest BCUT2D eigenvalue weighted by atomic mass is 32.1. The standard InChI is InChI=1S/C25H23F3N2O2.H2S/c26-25(27,28)20-5-3-17(4-6-20)14-22(31)15-18-2-1-13-30(23(18)32)21-9-7-19(8-10-21)24(16-29)11-12-24;/h3-10,18H,1-2,11-15H2;1H2/t18-;/m1./s1. The van der Waals surface area contributed by atoms with Gasteiger partial charge in [-0.3, -0.25) is 9.59 Å². The minimum absolute atomic E-state index is 0. The molecule has 4 nitrogen and oxygen atoms in total. The summed E-state index contributed by atoms with van der Waals surface area (Å²) >= 11 is 0. The van der Waals surface area contributed by atoms with Crippen LogP contribution in [0.2, 0.25) is 0 Å². The van der Waals surface area contributed by atoms with Crippen molar-refractivity contribution in [2.75, 3.05) is 11.4 Å². The maximum absolute atomic E-state index is 13.0. The van der Waals surface area contributed by atoms with Gasteiger partial charge in [-0.05, 0) is 61.1 Å². The van der Waals surface area contributed by atoms with Crippen LogP contribution in [0.15, 0.2) is 48.5 Å². The first-order valence-corrected chi connectivity index (χ1v) is 10.7. The lowest BCUT2D eigenvalue weighted by Crippen LogP contribution is -2.42. The fraction of sp³-hybridized carbons (Fsp3) is 0.400. The lowest BCUT2D eigenvalue weighted by atomic mass is 9.89. The van der Waals surface area contributed by atoms with E-state index in [1.54, 1.807) is 4.90 Å². The number of anilines is 1. The molecule has 1 saturated carbocycles. The van der Waals surface area contributed by atoms with Gasteiger partial charge in [0.15, 0.2) is 0 Å². The van der Waals surface area contributed by atoms with E-state index in [2.05, 4.69) is 6.07 Å². The number of nitriles is 1. The van der Waals surface area contributed by atoms with Gasteiger partial charge < -0.3 is 4.90 Å². The molecule has 0 spiro atoms. The highest BCUT2D eigenvalue weighted by Gasteiger charge is 2.44. The molecule has 2 aliphatic rings. The predicted molar refractivity (Wildman–Crippen MR) is 123 cm³/mol. The lowest BCUT2D eigenvalue weighted by Gasteiger charge is -2.32. The SMILES string of the molecule is N#CC1(c2ccc(N3CCC[C@H](CC(=O)Cc4ccc(C(F)(F)F)cc4)C3=O)cc2)CC1.S. The van der Waals surface area contributed by atoms with Crippen LogP contribution in [0.25, 0.3) is 0 Å². The van der Waals surface area contributed by atoms with Gasteiger partial charge in [0.05, 0.1) is 17.0 Å². The van der Waals surface area contributed by atoms with Gasteiger partial charge >= 0.3 is 6.18 Å². The number of amides is 1. The molecule has 0 unspecified atom stereocenters. The Hall–Kier alpha value is -2.79. The topological polar surface area (TPSA) is 61.2 Å². The molecule has 1 heterocycles. The lowest BCUT2D eigenvalue weighted by molar-refractivity contribution is -0.137. The minimum atomic E-state index is -4.41. The molecule has 1 amide bonds. The summed E-state index contributed by atoms with van der Waals surface area (Å²) in [4.78, 5) is 27.2. The molecule has 8 heteroatoms. The fourth-order valence-corrected chi connectivity index (χ4v) is 4.33. The molecule has 2 aromatic rings. The van der Waals surface area contributed by atoms with Gasteiger partial charge in [0.1, 0.15) is 5.78 Å². The van der Waals surface area contributed by atoms with Crippen LogP contribution in [0.3, 0.4) is 0 Å². The number of hydrogen-bond acceptors (Lipinski definition) is 3.